The summed E-state index contributed by atoms with van der Waals surface area (Å²) in [5, 5.41) is 15.8. The maximum atomic E-state index is 10.4. The summed E-state index contributed by atoms with van der Waals surface area (Å²) in [6, 6.07) is 2.52. The van der Waals surface area contributed by atoms with E-state index >= 15 is 0 Å². The van der Waals surface area contributed by atoms with Crippen LogP contribution in [0, 0.1) is 0 Å². The molecule has 5 N–H and O–H groups in total. The third-order valence-corrected chi connectivity index (χ3v) is 2.53. The van der Waals surface area contributed by atoms with Crippen LogP contribution in [0.2, 0.25) is 10.0 Å². The van der Waals surface area contributed by atoms with Gasteiger partial charge in [0.1, 0.15) is 5.75 Å². The van der Waals surface area contributed by atoms with Crippen LogP contribution in [0.15, 0.2) is 12.1 Å². The smallest absolute Gasteiger partial charge is 0.312 e. The van der Waals surface area contributed by atoms with Gasteiger partial charge in [-0.05, 0) is 12.1 Å². The molecule has 0 atom stereocenters. The van der Waals surface area contributed by atoms with E-state index in [0.717, 1.165) is 0 Å². The minimum absolute atomic E-state index is 0.00595. The monoisotopic (exact) mass is 277 g/mol. The summed E-state index contributed by atoms with van der Waals surface area (Å²) >= 11 is 11.6. The van der Waals surface area contributed by atoms with Crippen LogP contribution < -0.4 is 16.4 Å². The summed E-state index contributed by atoms with van der Waals surface area (Å²) in [6.07, 6.45) is 0. The highest BCUT2D eigenvalue weighted by molar-refractivity contribution is 6.35. The van der Waals surface area contributed by atoms with Gasteiger partial charge in [-0.15, -0.1) is 0 Å². The topological polar surface area (TPSA) is 87.4 Å². The van der Waals surface area contributed by atoms with Gasteiger partial charge in [-0.1, -0.05) is 23.2 Å². The lowest BCUT2D eigenvalue weighted by atomic mass is 10.2. The maximum Gasteiger partial charge on any atom is 0.312 e. The summed E-state index contributed by atoms with van der Waals surface area (Å²) in [5.74, 6) is 0.00595. The number of phenols is 1. The highest BCUT2D eigenvalue weighted by atomic mass is 35.5. The molecule has 1 aromatic carbocycles. The zero-order chi connectivity index (χ0) is 12.8. The maximum absolute atomic E-state index is 10.4. The fraction of sp³-hybridized carbons (Fsp3) is 0.300. The lowest BCUT2D eigenvalue weighted by molar-refractivity contribution is 0.249. The fourth-order valence-corrected chi connectivity index (χ4v) is 1.79. The molecule has 0 aromatic heterocycles. The van der Waals surface area contributed by atoms with Gasteiger partial charge in [0.05, 0.1) is 5.02 Å². The second-order valence-electron chi connectivity index (χ2n) is 3.36. The van der Waals surface area contributed by atoms with Crippen LogP contribution in [-0.2, 0) is 6.54 Å². The van der Waals surface area contributed by atoms with Crippen LogP contribution in [-0.4, -0.2) is 24.2 Å². The zero-order valence-corrected chi connectivity index (χ0v) is 10.5. The van der Waals surface area contributed by atoms with Gasteiger partial charge >= 0.3 is 6.03 Å². The quantitative estimate of drug-likeness (QED) is 0.615. The minimum Gasteiger partial charge on any atom is -0.506 e. The Morgan fingerprint density at radius 3 is 2.71 bits per heavy atom. The Bertz CT molecular complexity index is 413. The molecule has 0 aliphatic carbocycles. The standard InChI is InChI=1S/C10H13Cl2N3O2/c11-7-3-6(9(16)8(12)4-7)5-14-1-2-15-10(13)17/h3-4,14,16H,1-2,5H2,(H3,13,15,17). The molecule has 7 heteroatoms. The first-order valence-corrected chi connectivity index (χ1v) is 5.67. The van der Waals surface area contributed by atoms with Crippen molar-refractivity contribution < 1.29 is 9.90 Å². The van der Waals surface area contributed by atoms with E-state index in [-0.39, 0.29) is 10.8 Å². The Hall–Kier alpha value is -1.17. The average molecular weight is 278 g/mol. The number of carbonyl (C=O) groups excluding carboxylic acids is 1. The summed E-state index contributed by atoms with van der Waals surface area (Å²) in [6.45, 7) is 1.32. The molecule has 17 heavy (non-hydrogen) atoms. The predicted molar refractivity (Wildman–Crippen MR) is 67.4 cm³/mol. The number of benzene rings is 1. The molecule has 0 saturated carbocycles. The number of hydrogen-bond donors (Lipinski definition) is 4. The molecule has 1 aromatic rings. The first-order valence-electron chi connectivity index (χ1n) is 4.91. The molecule has 0 spiro atoms. The van der Waals surface area contributed by atoms with Crippen molar-refractivity contribution in [3.8, 4) is 5.75 Å². The number of rotatable bonds is 5. The van der Waals surface area contributed by atoms with Crippen LogP contribution in [0.5, 0.6) is 5.75 Å². The Morgan fingerprint density at radius 2 is 2.06 bits per heavy atom. The summed E-state index contributed by atoms with van der Waals surface area (Å²) in [5.41, 5.74) is 5.50. The molecular formula is C10H13Cl2N3O2. The normalized spacial score (nSPS) is 10.2. The van der Waals surface area contributed by atoms with E-state index in [0.29, 0.717) is 30.2 Å². The van der Waals surface area contributed by atoms with E-state index in [2.05, 4.69) is 10.6 Å². The van der Waals surface area contributed by atoms with Crippen molar-refractivity contribution in [1.29, 1.82) is 0 Å². The number of aromatic hydroxyl groups is 1. The Kier molecular flexibility index (Phi) is 5.34. The van der Waals surface area contributed by atoms with Crippen molar-refractivity contribution in [2.45, 2.75) is 6.54 Å². The number of nitrogens with two attached hydrogens (primary N) is 1. The highest BCUT2D eigenvalue weighted by Crippen LogP contribution is 2.30. The fourth-order valence-electron chi connectivity index (χ4n) is 1.25. The summed E-state index contributed by atoms with van der Waals surface area (Å²) in [4.78, 5) is 10.4. The molecule has 5 nitrogen and oxygen atoms in total. The minimum atomic E-state index is -0.569. The molecule has 0 saturated heterocycles. The number of phenolic OH excluding ortho intramolecular Hbond substituents is 1. The molecule has 94 valence electrons. The number of urea groups is 1. The molecule has 2 amide bonds. The predicted octanol–water partition coefficient (Wildman–Crippen LogP) is 1.46. The van der Waals surface area contributed by atoms with Crippen LogP contribution in [0.25, 0.3) is 0 Å². The van der Waals surface area contributed by atoms with Gasteiger partial charge < -0.3 is 21.5 Å². The Balaban J connectivity index is 2.44. The first-order chi connectivity index (χ1) is 8.00. The number of nitrogens with one attached hydrogen (secondary N) is 2. The van der Waals surface area contributed by atoms with Crippen LogP contribution in [0.3, 0.4) is 0 Å². The lowest BCUT2D eigenvalue weighted by Gasteiger charge is -2.08. The van der Waals surface area contributed by atoms with Crippen LogP contribution >= 0.6 is 23.2 Å². The number of amides is 2. The van der Waals surface area contributed by atoms with Crippen molar-refractivity contribution in [3.05, 3.63) is 27.7 Å². The summed E-state index contributed by atoms with van der Waals surface area (Å²) in [7, 11) is 0. The Morgan fingerprint density at radius 1 is 1.35 bits per heavy atom. The number of halogens is 2. The van der Waals surface area contributed by atoms with Gasteiger partial charge in [-0.2, -0.15) is 0 Å². The molecule has 0 aliphatic heterocycles. The summed E-state index contributed by atoms with van der Waals surface area (Å²) < 4.78 is 0. The highest BCUT2D eigenvalue weighted by Gasteiger charge is 2.07. The van der Waals surface area contributed by atoms with E-state index in [1.165, 1.54) is 6.07 Å². The van der Waals surface area contributed by atoms with Crippen molar-refractivity contribution in [2.24, 2.45) is 5.73 Å². The molecule has 0 bridgehead atoms. The van der Waals surface area contributed by atoms with Crippen molar-refractivity contribution >= 4 is 29.2 Å². The van der Waals surface area contributed by atoms with E-state index < -0.39 is 6.03 Å². The average Bonchev–Trinajstić information content (AvgIpc) is 2.23. The van der Waals surface area contributed by atoms with E-state index in [1.807, 2.05) is 0 Å². The largest absolute Gasteiger partial charge is 0.506 e. The van der Waals surface area contributed by atoms with Gasteiger partial charge in [0.2, 0.25) is 0 Å². The number of hydrogen-bond acceptors (Lipinski definition) is 3. The first kappa shape index (κ1) is 13.9. The van der Waals surface area contributed by atoms with Crippen LogP contribution in [0.4, 0.5) is 4.79 Å². The Labute approximate surface area is 109 Å². The zero-order valence-electron chi connectivity index (χ0n) is 8.96. The molecular weight excluding hydrogens is 265 g/mol. The van der Waals surface area contributed by atoms with Gasteiger partial charge in [-0.25, -0.2) is 4.79 Å². The molecule has 0 aliphatic rings. The molecule has 1 rings (SSSR count). The van der Waals surface area contributed by atoms with Crippen molar-refractivity contribution in [2.75, 3.05) is 13.1 Å². The van der Waals surface area contributed by atoms with E-state index in [1.54, 1.807) is 6.07 Å². The van der Waals surface area contributed by atoms with Gasteiger partial charge in [0, 0.05) is 30.2 Å². The van der Waals surface area contributed by atoms with E-state index in [4.69, 9.17) is 28.9 Å². The third kappa shape index (κ3) is 4.68. The molecule has 0 fully saturated rings. The molecule has 0 radical (unpaired) electrons. The van der Waals surface area contributed by atoms with Crippen LogP contribution in [0.1, 0.15) is 5.56 Å². The third-order valence-electron chi connectivity index (χ3n) is 2.02. The second kappa shape index (κ2) is 6.54. The van der Waals surface area contributed by atoms with Crippen molar-refractivity contribution in [1.82, 2.24) is 10.6 Å². The molecule has 0 unspecified atom stereocenters. The van der Waals surface area contributed by atoms with E-state index in [9.17, 15) is 9.90 Å². The van der Waals surface area contributed by atoms with Gasteiger partial charge in [-0.3, -0.25) is 0 Å². The molecule has 0 heterocycles. The number of primary amides is 1. The lowest BCUT2D eigenvalue weighted by Crippen LogP contribution is -2.35. The van der Waals surface area contributed by atoms with Gasteiger partial charge in [0.15, 0.2) is 0 Å². The number of carbonyl (C=O) groups is 1. The second-order valence-corrected chi connectivity index (χ2v) is 4.21. The SMILES string of the molecule is NC(=O)NCCNCc1cc(Cl)cc(Cl)c1O. The van der Waals surface area contributed by atoms with Crippen molar-refractivity contribution in [3.63, 3.8) is 0 Å². The van der Waals surface area contributed by atoms with Gasteiger partial charge in [0.25, 0.3) is 0 Å².